The van der Waals surface area contributed by atoms with E-state index >= 15 is 0 Å². The Labute approximate surface area is 146 Å². The van der Waals surface area contributed by atoms with Gasteiger partial charge < -0.3 is 9.15 Å². The van der Waals surface area contributed by atoms with Crippen molar-refractivity contribution in [2.75, 3.05) is 19.7 Å². The number of alkyl halides is 3. The summed E-state index contributed by atoms with van der Waals surface area (Å²) in [5.74, 6) is -0.371. The van der Waals surface area contributed by atoms with Crippen LogP contribution in [0.2, 0.25) is 5.02 Å². The number of hydrogen-bond acceptors (Lipinski definition) is 6. The molecule has 1 aliphatic heterocycles. The second-order valence-corrected chi connectivity index (χ2v) is 6.24. The largest absolute Gasteiger partial charge is 0.492 e. The smallest absolute Gasteiger partial charge is 0.470 e. The lowest BCUT2D eigenvalue weighted by molar-refractivity contribution is -0.157. The van der Waals surface area contributed by atoms with Crippen molar-refractivity contribution in [2.24, 2.45) is 5.92 Å². The molecule has 0 unspecified atom stereocenters. The summed E-state index contributed by atoms with van der Waals surface area (Å²) in [6, 6.07) is 1.71. The van der Waals surface area contributed by atoms with Gasteiger partial charge in [-0.3, -0.25) is 9.88 Å². The fourth-order valence-corrected chi connectivity index (χ4v) is 2.80. The van der Waals surface area contributed by atoms with Gasteiger partial charge in [-0.25, -0.2) is 0 Å². The van der Waals surface area contributed by atoms with Crippen LogP contribution in [0.25, 0.3) is 0 Å². The zero-order valence-corrected chi connectivity index (χ0v) is 13.9. The summed E-state index contributed by atoms with van der Waals surface area (Å²) >= 11 is 5.99. The number of halogens is 4. The summed E-state index contributed by atoms with van der Waals surface area (Å²) in [4.78, 5) is 5.89. The van der Waals surface area contributed by atoms with E-state index in [1.54, 1.807) is 12.3 Å². The molecule has 0 N–H and O–H groups in total. The van der Waals surface area contributed by atoms with E-state index in [4.69, 9.17) is 16.3 Å². The molecule has 0 aromatic carbocycles. The van der Waals surface area contributed by atoms with Gasteiger partial charge in [0.05, 0.1) is 13.2 Å². The molecular weight excluding hydrogens is 361 g/mol. The first kappa shape index (κ1) is 17.9. The summed E-state index contributed by atoms with van der Waals surface area (Å²) in [6.07, 6.45) is 0.262. The van der Waals surface area contributed by atoms with E-state index in [1.807, 2.05) is 4.90 Å². The molecule has 0 radical (unpaired) electrons. The van der Waals surface area contributed by atoms with Crippen molar-refractivity contribution in [3.8, 4) is 5.75 Å². The van der Waals surface area contributed by atoms with E-state index in [9.17, 15) is 13.2 Å². The standard InChI is InChI=1S/C15H16ClF3N4O2/c16-11-7-20-4-1-12(11)24-9-10-2-5-23(6-3-10)8-13-21-22-14(25-13)15(17,18)19/h1,4,7,10H,2-3,5-6,8-9H2. The predicted molar refractivity (Wildman–Crippen MR) is 82.0 cm³/mol. The van der Waals surface area contributed by atoms with Gasteiger partial charge in [0.25, 0.3) is 0 Å². The predicted octanol–water partition coefficient (Wildman–Crippen LogP) is 3.43. The fourth-order valence-electron chi connectivity index (χ4n) is 2.62. The summed E-state index contributed by atoms with van der Waals surface area (Å²) in [6.45, 7) is 2.20. The molecule has 3 heterocycles. The van der Waals surface area contributed by atoms with Crippen LogP contribution in [0.4, 0.5) is 13.2 Å². The SMILES string of the molecule is FC(F)(F)c1nnc(CN2CCC(COc3ccncc3Cl)CC2)o1. The van der Waals surface area contributed by atoms with Gasteiger partial charge in [-0.15, -0.1) is 10.2 Å². The minimum atomic E-state index is -4.61. The van der Waals surface area contributed by atoms with Gasteiger partial charge in [-0.05, 0) is 31.8 Å². The van der Waals surface area contributed by atoms with Crippen LogP contribution >= 0.6 is 11.6 Å². The van der Waals surface area contributed by atoms with Crippen molar-refractivity contribution in [1.29, 1.82) is 0 Å². The number of ether oxygens (including phenoxy) is 1. The number of rotatable bonds is 5. The van der Waals surface area contributed by atoms with E-state index in [2.05, 4.69) is 19.6 Å². The summed E-state index contributed by atoms with van der Waals surface area (Å²) in [5.41, 5.74) is 0. The zero-order valence-electron chi connectivity index (χ0n) is 13.2. The molecular formula is C15H16ClF3N4O2. The van der Waals surface area contributed by atoms with Crippen LogP contribution in [-0.4, -0.2) is 39.8 Å². The van der Waals surface area contributed by atoms with Crippen molar-refractivity contribution in [3.05, 3.63) is 35.3 Å². The van der Waals surface area contributed by atoms with E-state index in [0.29, 0.717) is 23.3 Å². The third-order valence-electron chi connectivity index (χ3n) is 3.99. The average molecular weight is 377 g/mol. The first-order chi connectivity index (χ1) is 11.9. The minimum Gasteiger partial charge on any atom is -0.492 e. The van der Waals surface area contributed by atoms with Crippen molar-refractivity contribution >= 4 is 11.6 Å². The Morgan fingerprint density at radius 1 is 1.28 bits per heavy atom. The molecule has 0 amide bonds. The van der Waals surface area contributed by atoms with E-state index in [1.165, 1.54) is 6.20 Å². The Morgan fingerprint density at radius 2 is 2.04 bits per heavy atom. The topological polar surface area (TPSA) is 64.3 Å². The van der Waals surface area contributed by atoms with Crippen LogP contribution in [0.15, 0.2) is 22.9 Å². The molecule has 10 heteroatoms. The molecule has 0 aliphatic carbocycles. The van der Waals surface area contributed by atoms with Crippen LogP contribution in [0.1, 0.15) is 24.6 Å². The van der Waals surface area contributed by atoms with Gasteiger partial charge in [0.1, 0.15) is 10.8 Å². The number of likely N-dealkylation sites (tertiary alicyclic amines) is 1. The maximum atomic E-state index is 12.4. The Kier molecular flexibility index (Phi) is 5.43. The number of pyridine rings is 1. The van der Waals surface area contributed by atoms with Gasteiger partial charge in [-0.2, -0.15) is 13.2 Å². The number of piperidine rings is 1. The van der Waals surface area contributed by atoms with Gasteiger partial charge in [0.2, 0.25) is 5.89 Å². The van der Waals surface area contributed by atoms with Gasteiger partial charge >= 0.3 is 12.1 Å². The Morgan fingerprint density at radius 3 is 2.68 bits per heavy atom. The molecule has 136 valence electrons. The Balaban J connectivity index is 1.44. The molecule has 0 bridgehead atoms. The molecule has 2 aromatic rings. The van der Waals surface area contributed by atoms with Gasteiger partial charge in [-0.1, -0.05) is 11.6 Å². The summed E-state index contributed by atoms with van der Waals surface area (Å²) < 4.78 is 47.7. The van der Waals surface area contributed by atoms with Crippen molar-refractivity contribution in [3.63, 3.8) is 0 Å². The highest BCUT2D eigenvalue weighted by molar-refractivity contribution is 6.31. The van der Waals surface area contributed by atoms with Crippen molar-refractivity contribution in [1.82, 2.24) is 20.1 Å². The van der Waals surface area contributed by atoms with Crippen LogP contribution in [-0.2, 0) is 12.7 Å². The Hall–Kier alpha value is -1.87. The number of nitrogens with zero attached hydrogens (tertiary/aromatic N) is 4. The first-order valence-electron chi connectivity index (χ1n) is 7.76. The van der Waals surface area contributed by atoms with Gasteiger partial charge in [0.15, 0.2) is 0 Å². The third kappa shape index (κ3) is 4.82. The molecule has 6 nitrogen and oxygen atoms in total. The second-order valence-electron chi connectivity index (χ2n) is 5.84. The monoisotopic (exact) mass is 376 g/mol. The van der Waals surface area contributed by atoms with Gasteiger partial charge in [0, 0.05) is 18.5 Å². The molecule has 0 spiro atoms. The quantitative estimate of drug-likeness (QED) is 0.796. The van der Waals surface area contributed by atoms with E-state index in [0.717, 1.165) is 25.9 Å². The van der Waals surface area contributed by atoms with E-state index in [-0.39, 0.29) is 12.4 Å². The fraction of sp³-hybridized carbons (Fsp3) is 0.533. The molecule has 25 heavy (non-hydrogen) atoms. The molecule has 0 atom stereocenters. The zero-order chi connectivity index (χ0) is 17.9. The average Bonchev–Trinajstić information content (AvgIpc) is 3.04. The molecule has 0 saturated carbocycles. The number of hydrogen-bond donors (Lipinski definition) is 0. The maximum absolute atomic E-state index is 12.4. The first-order valence-corrected chi connectivity index (χ1v) is 8.14. The number of aromatic nitrogens is 3. The van der Waals surface area contributed by atoms with Crippen LogP contribution in [0.5, 0.6) is 5.75 Å². The molecule has 3 rings (SSSR count). The van der Waals surface area contributed by atoms with Crippen LogP contribution in [0.3, 0.4) is 0 Å². The lowest BCUT2D eigenvalue weighted by Gasteiger charge is -2.30. The minimum absolute atomic E-state index is 0.0226. The van der Waals surface area contributed by atoms with Crippen LogP contribution < -0.4 is 4.74 Å². The molecule has 1 aliphatic rings. The lowest BCUT2D eigenvalue weighted by Crippen LogP contribution is -2.35. The summed E-state index contributed by atoms with van der Waals surface area (Å²) in [7, 11) is 0. The second kappa shape index (κ2) is 7.57. The highest BCUT2D eigenvalue weighted by Crippen LogP contribution is 2.28. The molecule has 2 aromatic heterocycles. The normalized spacial score (nSPS) is 17.0. The highest BCUT2D eigenvalue weighted by Gasteiger charge is 2.38. The van der Waals surface area contributed by atoms with E-state index < -0.39 is 12.1 Å². The summed E-state index contributed by atoms with van der Waals surface area (Å²) in [5, 5.41) is 6.96. The van der Waals surface area contributed by atoms with Crippen molar-refractivity contribution < 1.29 is 22.3 Å². The molecule has 1 fully saturated rings. The maximum Gasteiger partial charge on any atom is 0.470 e. The van der Waals surface area contributed by atoms with Crippen LogP contribution in [0, 0.1) is 5.92 Å². The third-order valence-corrected chi connectivity index (χ3v) is 4.27. The molecule has 1 saturated heterocycles. The van der Waals surface area contributed by atoms with Crippen molar-refractivity contribution in [2.45, 2.75) is 25.6 Å². The Bertz CT molecular complexity index is 702. The lowest BCUT2D eigenvalue weighted by atomic mass is 9.98. The highest BCUT2D eigenvalue weighted by atomic mass is 35.5.